The molecule has 0 spiro atoms. The summed E-state index contributed by atoms with van der Waals surface area (Å²) in [5.41, 5.74) is 1.99. The fourth-order valence-corrected chi connectivity index (χ4v) is 3.46. The van der Waals surface area contributed by atoms with E-state index in [1.54, 1.807) is 18.7 Å². The zero-order valence-electron chi connectivity index (χ0n) is 16.6. The van der Waals surface area contributed by atoms with Crippen LogP contribution in [-0.4, -0.2) is 51.8 Å². The summed E-state index contributed by atoms with van der Waals surface area (Å²) in [6, 6.07) is 0. The van der Waals surface area contributed by atoms with Gasteiger partial charge in [-0.15, -0.1) is 12.4 Å². The van der Waals surface area contributed by atoms with Gasteiger partial charge in [-0.2, -0.15) is 10.1 Å². The molecule has 1 saturated heterocycles. The van der Waals surface area contributed by atoms with Crippen molar-refractivity contribution in [3.05, 3.63) is 28.3 Å². The van der Waals surface area contributed by atoms with E-state index in [0.717, 1.165) is 31.8 Å². The lowest BCUT2D eigenvalue weighted by Gasteiger charge is -2.19. The number of nitrogens with one attached hydrogen (secondary N) is 3. The number of carbonyl (C=O) groups is 2. The summed E-state index contributed by atoms with van der Waals surface area (Å²) < 4.78 is 6.42. The predicted octanol–water partition coefficient (Wildman–Crippen LogP) is 1.94. The number of aromatic nitrogens is 4. The Kier molecular flexibility index (Phi) is 7.20. The van der Waals surface area contributed by atoms with Crippen LogP contribution in [-0.2, 0) is 18.2 Å². The molecule has 0 saturated carbocycles. The normalized spacial score (nSPS) is 14.4. The zero-order valence-corrected chi connectivity index (χ0v) is 17.4. The molecule has 0 unspecified atom stereocenters. The molecule has 154 valence electrons. The Balaban J connectivity index is 0.00000280. The molecule has 2 aromatic heterocycles. The Morgan fingerprint density at radius 1 is 1.32 bits per heavy atom. The van der Waals surface area contributed by atoms with E-state index in [9.17, 15) is 9.59 Å². The molecule has 3 N–H and O–H groups in total. The summed E-state index contributed by atoms with van der Waals surface area (Å²) in [7, 11) is 3.09. The fraction of sp³-hybridized carbons (Fsp3) is 0.556. The molecule has 0 bridgehead atoms. The van der Waals surface area contributed by atoms with Crippen LogP contribution in [0.1, 0.15) is 63.6 Å². The van der Waals surface area contributed by atoms with Crippen molar-refractivity contribution in [3.8, 4) is 0 Å². The predicted molar refractivity (Wildman–Crippen MR) is 107 cm³/mol. The van der Waals surface area contributed by atoms with Gasteiger partial charge >= 0.3 is 5.97 Å². The third-order valence-electron chi connectivity index (χ3n) is 5.01. The van der Waals surface area contributed by atoms with Crippen LogP contribution in [0.2, 0.25) is 0 Å². The van der Waals surface area contributed by atoms with Crippen molar-refractivity contribution in [3.63, 3.8) is 0 Å². The van der Waals surface area contributed by atoms with E-state index in [1.165, 1.54) is 7.11 Å². The number of amides is 1. The highest BCUT2D eigenvalue weighted by molar-refractivity contribution is 6.06. The van der Waals surface area contributed by atoms with E-state index in [1.807, 2.05) is 6.92 Å². The number of hydrogen-bond acceptors (Lipinski definition) is 6. The van der Waals surface area contributed by atoms with Gasteiger partial charge < -0.3 is 15.0 Å². The lowest BCUT2D eigenvalue weighted by Crippen LogP contribution is -2.27. The van der Waals surface area contributed by atoms with Gasteiger partial charge in [-0.3, -0.25) is 10.1 Å². The molecule has 1 aliphatic heterocycles. The van der Waals surface area contributed by atoms with Crippen molar-refractivity contribution in [2.24, 2.45) is 7.05 Å². The minimum Gasteiger partial charge on any atom is -0.465 e. The maximum Gasteiger partial charge on any atom is 0.339 e. The first-order valence-corrected chi connectivity index (χ1v) is 9.19. The standard InChI is InChI=1S/C18H26N6O3.ClH/c1-5-12-13(17(26)27-4)10(2)14(20-12)16(25)22-18-21-15(23-24(18)3)11-6-8-19-9-7-11;/h11,19-20H,5-9H2,1-4H3,(H,21,22,23,25);1H. The molecule has 0 atom stereocenters. The minimum atomic E-state index is -0.452. The molecule has 0 radical (unpaired) electrons. The van der Waals surface area contributed by atoms with E-state index in [4.69, 9.17) is 4.74 Å². The van der Waals surface area contributed by atoms with Crippen molar-refractivity contribution >= 4 is 30.2 Å². The zero-order chi connectivity index (χ0) is 19.6. The number of methoxy groups -OCH3 is 1. The van der Waals surface area contributed by atoms with Crippen LogP contribution < -0.4 is 10.6 Å². The Hall–Kier alpha value is -2.39. The van der Waals surface area contributed by atoms with E-state index < -0.39 is 5.97 Å². The molecular weight excluding hydrogens is 384 g/mol. The second-order valence-electron chi connectivity index (χ2n) is 6.72. The first kappa shape index (κ1) is 21.9. The molecule has 3 heterocycles. The van der Waals surface area contributed by atoms with Crippen molar-refractivity contribution in [2.75, 3.05) is 25.5 Å². The summed E-state index contributed by atoms with van der Waals surface area (Å²) in [5.74, 6) is 0.631. The van der Waals surface area contributed by atoms with E-state index in [2.05, 4.69) is 25.7 Å². The number of carbonyl (C=O) groups excluding carboxylic acids is 2. The van der Waals surface area contributed by atoms with Crippen LogP contribution in [0, 0.1) is 6.92 Å². The number of aryl methyl sites for hydroxylation is 2. The molecule has 0 aliphatic carbocycles. The molecule has 0 aromatic carbocycles. The van der Waals surface area contributed by atoms with Gasteiger partial charge in [0.2, 0.25) is 5.95 Å². The van der Waals surface area contributed by atoms with Gasteiger partial charge in [-0.25, -0.2) is 9.48 Å². The Morgan fingerprint density at radius 2 is 2.00 bits per heavy atom. The maximum atomic E-state index is 12.8. The third-order valence-corrected chi connectivity index (χ3v) is 5.01. The summed E-state index contributed by atoms with van der Waals surface area (Å²) in [4.78, 5) is 32.4. The highest BCUT2D eigenvalue weighted by atomic mass is 35.5. The monoisotopic (exact) mass is 410 g/mol. The molecule has 10 heteroatoms. The topological polar surface area (TPSA) is 114 Å². The number of aromatic amines is 1. The fourth-order valence-electron chi connectivity index (χ4n) is 3.46. The number of H-pyrrole nitrogens is 1. The second kappa shape index (κ2) is 9.20. The molecule has 9 nitrogen and oxygen atoms in total. The van der Waals surface area contributed by atoms with Gasteiger partial charge in [-0.1, -0.05) is 6.92 Å². The molecule has 2 aromatic rings. The van der Waals surface area contributed by atoms with Crippen LogP contribution in [0.15, 0.2) is 0 Å². The van der Waals surface area contributed by atoms with Crippen LogP contribution >= 0.6 is 12.4 Å². The van der Waals surface area contributed by atoms with Crippen molar-refractivity contribution in [2.45, 2.75) is 39.0 Å². The van der Waals surface area contributed by atoms with E-state index in [0.29, 0.717) is 40.8 Å². The number of anilines is 1. The highest BCUT2D eigenvalue weighted by Gasteiger charge is 2.25. The maximum absolute atomic E-state index is 12.8. The van der Waals surface area contributed by atoms with Crippen LogP contribution in [0.5, 0.6) is 0 Å². The number of ether oxygens (including phenoxy) is 1. The van der Waals surface area contributed by atoms with Gasteiger partial charge in [0, 0.05) is 18.7 Å². The van der Waals surface area contributed by atoms with Gasteiger partial charge in [0.1, 0.15) is 5.69 Å². The van der Waals surface area contributed by atoms with Crippen LogP contribution in [0.3, 0.4) is 0 Å². The number of hydrogen-bond donors (Lipinski definition) is 3. The van der Waals surface area contributed by atoms with Crippen molar-refractivity contribution < 1.29 is 14.3 Å². The average Bonchev–Trinajstić information content (AvgIpc) is 3.21. The van der Waals surface area contributed by atoms with Gasteiger partial charge in [0.05, 0.1) is 12.7 Å². The first-order valence-electron chi connectivity index (χ1n) is 9.19. The van der Waals surface area contributed by atoms with E-state index >= 15 is 0 Å². The third kappa shape index (κ3) is 4.20. The number of rotatable bonds is 5. The Labute approximate surface area is 170 Å². The molecule has 3 rings (SSSR count). The largest absolute Gasteiger partial charge is 0.465 e. The molecule has 28 heavy (non-hydrogen) atoms. The number of piperidine rings is 1. The Bertz CT molecular complexity index is 854. The van der Waals surface area contributed by atoms with Gasteiger partial charge in [-0.05, 0) is 44.8 Å². The van der Waals surface area contributed by atoms with Crippen molar-refractivity contribution in [1.29, 1.82) is 0 Å². The highest BCUT2D eigenvalue weighted by Crippen LogP contribution is 2.24. The quantitative estimate of drug-likeness (QED) is 0.649. The SMILES string of the molecule is CCc1[nH]c(C(=O)Nc2nc(C3CCNCC3)nn2C)c(C)c1C(=O)OC.Cl. The summed E-state index contributed by atoms with van der Waals surface area (Å²) in [5, 5.41) is 10.6. The first-order chi connectivity index (χ1) is 13.0. The number of halogens is 1. The summed E-state index contributed by atoms with van der Waals surface area (Å²) in [6.07, 6.45) is 2.55. The number of nitrogens with zero attached hydrogens (tertiary/aromatic N) is 3. The molecular formula is C18H27ClN6O3. The van der Waals surface area contributed by atoms with Crippen molar-refractivity contribution in [1.82, 2.24) is 25.1 Å². The summed E-state index contributed by atoms with van der Waals surface area (Å²) >= 11 is 0. The lowest BCUT2D eigenvalue weighted by molar-refractivity contribution is 0.0599. The molecule has 1 fully saturated rings. The van der Waals surface area contributed by atoms with Gasteiger partial charge in [0.25, 0.3) is 5.91 Å². The molecule has 1 amide bonds. The number of esters is 1. The Morgan fingerprint density at radius 3 is 2.61 bits per heavy atom. The smallest absolute Gasteiger partial charge is 0.339 e. The minimum absolute atomic E-state index is 0. The average molecular weight is 411 g/mol. The van der Waals surface area contributed by atoms with Crippen LogP contribution in [0.4, 0.5) is 5.95 Å². The lowest BCUT2D eigenvalue weighted by atomic mass is 9.98. The van der Waals surface area contributed by atoms with Gasteiger partial charge in [0.15, 0.2) is 5.82 Å². The van der Waals surface area contributed by atoms with Crippen LogP contribution in [0.25, 0.3) is 0 Å². The second-order valence-corrected chi connectivity index (χ2v) is 6.72. The summed E-state index contributed by atoms with van der Waals surface area (Å²) in [6.45, 7) is 5.53. The molecule has 1 aliphatic rings. The van der Waals surface area contributed by atoms with E-state index in [-0.39, 0.29) is 18.3 Å².